The molecule has 0 aliphatic carbocycles. The Kier molecular flexibility index (Phi) is 6.16. The van der Waals surface area contributed by atoms with Crippen molar-refractivity contribution in [3.8, 4) is 0 Å². The molecule has 2 heterocycles. The van der Waals surface area contributed by atoms with Crippen LogP contribution in [0.2, 0.25) is 0 Å². The summed E-state index contributed by atoms with van der Waals surface area (Å²) in [6.07, 6.45) is 9.61. The summed E-state index contributed by atoms with van der Waals surface area (Å²) in [4.78, 5) is 3.96. The van der Waals surface area contributed by atoms with E-state index >= 15 is 0 Å². The molecule has 1 aliphatic rings. The number of piperidine rings is 1. The summed E-state index contributed by atoms with van der Waals surface area (Å²) in [7, 11) is -3.47. The fraction of sp³-hybridized carbons (Fsp3) is 0.769. The minimum Gasteiger partial charge on any atom is -0.395 e. The molecule has 1 unspecified atom stereocenters. The summed E-state index contributed by atoms with van der Waals surface area (Å²) < 4.78 is 30.5. The van der Waals surface area contributed by atoms with Crippen molar-refractivity contribution in [2.24, 2.45) is 0 Å². The Bertz CT molecular complexity index is 503. The number of aryl methyl sites for hydroxylation is 1. The molecular formula is C13H24N4O3S. The van der Waals surface area contributed by atoms with Crippen LogP contribution in [0.3, 0.4) is 0 Å². The summed E-state index contributed by atoms with van der Waals surface area (Å²) in [6.45, 7) is 1.65. The lowest BCUT2D eigenvalue weighted by Gasteiger charge is -2.33. The smallest absolute Gasteiger partial charge is 0.279 e. The van der Waals surface area contributed by atoms with Gasteiger partial charge in [0.05, 0.1) is 12.9 Å². The molecule has 0 amide bonds. The highest BCUT2D eigenvalue weighted by atomic mass is 32.2. The topological polar surface area (TPSA) is 87.5 Å². The minimum atomic E-state index is -3.47. The third-order valence-electron chi connectivity index (χ3n) is 3.78. The quantitative estimate of drug-likeness (QED) is 0.677. The van der Waals surface area contributed by atoms with Gasteiger partial charge in [0.25, 0.3) is 10.2 Å². The Morgan fingerprint density at radius 3 is 2.90 bits per heavy atom. The first-order valence-electron chi connectivity index (χ1n) is 7.46. The van der Waals surface area contributed by atoms with Crippen LogP contribution in [0.5, 0.6) is 0 Å². The maximum absolute atomic E-state index is 12.2. The summed E-state index contributed by atoms with van der Waals surface area (Å²) >= 11 is 0. The molecular weight excluding hydrogens is 292 g/mol. The van der Waals surface area contributed by atoms with Crippen LogP contribution in [0.25, 0.3) is 0 Å². The molecule has 0 saturated carbocycles. The van der Waals surface area contributed by atoms with Crippen LogP contribution >= 0.6 is 0 Å². The lowest BCUT2D eigenvalue weighted by molar-refractivity contribution is 0.154. The molecule has 1 atom stereocenters. The maximum Gasteiger partial charge on any atom is 0.279 e. The van der Waals surface area contributed by atoms with Crippen LogP contribution in [-0.2, 0) is 16.8 Å². The maximum atomic E-state index is 12.2. The number of aliphatic hydroxyl groups excluding tert-OH is 1. The summed E-state index contributed by atoms with van der Waals surface area (Å²) in [6, 6.07) is -0.276. The zero-order valence-electron chi connectivity index (χ0n) is 12.2. The zero-order chi connectivity index (χ0) is 15.1. The van der Waals surface area contributed by atoms with Crippen LogP contribution in [0, 0.1) is 0 Å². The first kappa shape index (κ1) is 16.4. The van der Waals surface area contributed by atoms with Crippen LogP contribution in [0.4, 0.5) is 0 Å². The lowest BCUT2D eigenvalue weighted by atomic mass is 10.1. The van der Waals surface area contributed by atoms with Gasteiger partial charge in [0.1, 0.15) is 0 Å². The number of aromatic nitrogens is 2. The zero-order valence-corrected chi connectivity index (χ0v) is 13.0. The van der Waals surface area contributed by atoms with Crippen molar-refractivity contribution in [2.45, 2.75) is 44.7 Å². The van der Waals surface area contributed by atoms with Gasteiger partial charge in [-0.2, -0.15) is 12.7 Å². The highest BCUT2D eigenvalue weighted by Gasteiger charge is 2.31. The van der Waals surface area contributed by atoms with Gasteiger partial charge < -0.3 is 9.67 Å². The van der Waals surface area contributed by atoms with Gasteiger partial charge in [-0.25, -0.2) is 9.71 Å². The van der Waals surface area contributed by atoms with Gasteiger partial charge in [0.2, 0.25) is 0 Å². The van der Waals surface area contributed by atoms with Gasteiger partial charge in [-0.15, -0.1) is 0 Å². The second-order valence-corrected chi connectivity index (χ2v) is 7.06. The Balaban J connectivity index is 1.73. The van der Waals surface area contributed by atoms with E-state index in [0.29, 0.717) is 13.1 Å². The molecule has 8 heteroatoms. The standard InChI is InChI=1S/C13H24N4O3S/c18-11-13-5-1-3-9-17(13)21(19,20)15-6-2-4-8-16-10-7-14-12-16/h7,10,12-13,15,18H,1-6,8-9,11H2. The van der Waals surface area contributed by atoms with E-state index in [1.165, 1.54) is 4.31 Å². The molecule has 0 spiro atoms. The normalized spacial score (nSPS) is 20.7. The molecule has 0 aromatic carbocycles. The summed E-state index contributed by atoms with van der Waals surface area (Å²) in [5.41, 5.74) is 0. The highest BCUT2D eigenvalue weighted by molar-refractivity contribution is 7.87. The molecule has 1 aromatic heterocycles. The average Bonchev–Trinajstić information content (AvgIpc) is 3.00. The second-order valence-electron chi connectivity index (χ2n) is 5.35. The monoisotopic (exact) mass is 316 g/mol. The number of imidazole rings is 1. The first-order valence-corrected chi connectivity index (χ1v) is 8.90. The van der Waals surface area contributed by atoms with E-state index in [0.717, 1.165) is 38.6 Å². The highest BCUT2D eigenvalue weighted by Crippen LogP contribution is 2.19. The van der Waals surface area contributed by atoms with E-state index in [9.17, 15) is 13.5 Å². The van der Waals surface area contributed by atoms with Gasteiger partial charge >= 0.3 is 0 Å². The molecule has 0 bridgehead atoms. The van der Waals surface area contributed by atoms with Crippen molar-refractivity contribution < 1.29 is 13.5 Å². The number of hydrogen-bond donors (Lipinski definition) is 2. The van der Waals surface area contributed by atoms with Crippen LogP contribution in [0.1, 0.15) is 32.1 Å². The largest absolute Gasteiger partial charge is 0.395 e. The van der Waals surface area contributed by atoms with Gasteiger partial charge in [0.15, 0.2) is 0 Å². The van der Waals surface area contributed by atoms with Gasteiger partial charge in [0, 0.05) is 38.1 Å². The summed E-state index contributed by atoms with van der Waals surface area (Å²) in [5, 5.41) is 9.30. The van der Waals surface area contributed by atoms with Crippen molar-refractivity contribution in [3.63, 3.8) is 0 Å². The third kappa shape index (κ3) is 4.77. The Hall–Kier alpha value is -0.960. The fourth-order valence-corrected chi connectivity index (χ4v) is 4.10. The molecule has 1 saturated heterocycles. The second kappa shape index (κ2) is 7.88. The van der Waals surface area contributed by atoms with Crippen molar-refractivity contribution in [1.82, 2.24) is 18.6 Å². The first-order chi connectivity index (χ1) is 10.1. The number of hydrogen-bond acceptors (Lipinski definition) is 4. The van der Waals surface area contributed by atoms with Gasteiger partial charge in [-0.1, -0.05) is 6.42 Å². The lowest BCUT2D eigenvalue weighted by Crippen LogP contribution is -2.50. The van der Waals surface area contributed by atoms with Gasteiger partial charge in [-0.3, -0.25) is 0 Å². The van der Waals surface area contributed by atoms with Crippen molar-refractivity contribution >= 4 is 10.2 Å². The summed E-state index contributed by atoms with van der Waals surface area (Å²) in [5.74, 6) is 0. The predicted molar refractivity (Wildman–Crippen MR) is 79.8 cm³/mol. The molecule has 1 fully saturated rings. The van der Waals surface area contributed by atoms with Crippen LogP contribution in [-0.4, -0.2) is 53.1 Å². The Morgan fingerprint density at radius 2 is 2.19 bits per heavy atom. The van der Waals surface area contributed by atoms with E-state index in [2.05, 4.69) is 9.71 Å². The molecule has 7 nitrogen and oxygen atoms in total. The number of rotatable bonds is 8. The number of nitrogens with zero attached hydrogens (tertiary/aromatic N) is 3. The molecule has 0 radical (unpaired) electrons. The molecule has 120 valence electrons. The van der Waals surface area contributed by atoms with Gasteiger partial charge in [-0.05, 0) is 25.7 Å². The van der Waals surface area contributed by atoms with E-state index < -0.39 is 10.2 Å². The van der Waals surface area contributed by atoms with Crippen molar-refractivity contribution in [2.75, 3.05) is 19.7 Å². The Morgan fingerprint density at radius 1 is 1.33 bits per heavy atom. The van der Waals surface area contributed by atoms with Crippen LogP contribution < -0.4 is 4.72 Å². The molecule has 1 aromatic rings. The number of unbranched alkanes of at least 4 members (excludes halogenated alkanes) is 1. The van der Waals surface area contributed by atoms with E-state index in [-0.39, 0.29) is 12.6 Å². The Labute approximate surface area is 126 Å². The number of nitrogens with one attached hydrogen (secondary N) is 1. The fourth-order valence-electron chi connectivity index (χ4n) is 2.60. The molecule has 2 N–H and O–H groups in total. The minimum absolute atomic E-state index is 0.110. The average molecular weight is 316 g/mol. The number of aliphatic hydroxyl groups is 1. The van der Waals surface area contributed by atoms with Crippen molar-refractivity contribution in [1.29, 1.82) is 0 Å². The van der Waals surface area contributed by atoms with E-state index in [1.54, 1.807) is 12.5 Å². The van der Waals surface area contributed by atoms with Crippen molar-refractivity contribution in [3.05, 3.63) is 18.7 Å². The van der Waals surface area contributed by atoms with E-state index in [1.807, 2.05) is 10.8 Å². The molecule has 2 rings (SSSR count). The predicted octanol–water partition coefficient (Wildman–Crippen LogP) is 0.344. The van der Waals surface area contributed by atoms with Crippen LogP contribution in [0.15, 0.2) is 18.7 Å². The molecule has 21 heavy (non-hydrogen) atoms. The SMILES string of the molecule is O=S(=O)(NCCCCn1ccnc1)N1CCCCC1CO. The molecule has 1 aliphatic heterocycles. The van der Waals surface area contributed by atoms with E-state index in [4.69, 9.17) is 0 Å². The third-order valence-corrected chi connectivity index (χ3v) is 5.45.